The normalized spacial score (nSPS) is 12.4. The average molecular weight is 454 g/mol. The quantitative estimate of drug-likeness (QED) is 0.146. The summed E-state index contributed by atoms with van der Waals surface area (Å²) in [5, 5.41) is 6.62. The van der Waals surface area contributed by atoms with Gasteiger partial charge in [-0.25, -0.2) is 4.57 Å². The van der Waals surface area contributed by atoms with Gasteiger partial charge in [0.25, 0.3) is 0 Å². The molecule has 0 saturated carbocycles. The molecule has 3 aromatic heterocycles. The standard InChI is InChI=1S/C33H29N2/c1-20(2)16-22-8-7-9-23(17-22)25-18-24-14-15-34(4)33-30-21(3)12-13-27-26-10-5-6-11-28(26)35(32(27)30)29(19-25)31(24)33/h5-15,17-20H,16H2,1-4H3/q+1. The first-order valence-electron chi connectivity index (χ1n) is 12.6. The molecule has 0 N–H and O–H groups in total. The van der Waals surface area contributed by atoms with Gasteiger partial charge in [0.1, 0.15) is 7.05 Å². The van der Waals surface area contributed by atoms with Crippen molar-refractivity contribution in [3.8, 4) is 11.1 Å². The van der Waals surface area contributed by atoms with Gasteiger partial charge in [0.15, 0.2) is 6.20 Å². The highest BCUT2D eigenvalue weighted by Crippen LogP contribution is 2.41. The van der Waals surface area contributed by atoms with Gasteiger partial charge in [-0.3, -0.25) is 0 Å². The molecule has 170 valence electrons. The number of aryl methyl sites for hydroxylation is 2. The predicted octanol–water partition coefficient (Wildman–Crippen LogP) is 7.99. The number of rotatable bonds is 3. The van der Waals surface area contributed by atoms with E-state index in [1.165, 1.54) is 71.3 Å². The van der Waals surface area contributed by atoms with Crippen molar-refractivity contribution < 1.29 is 4.57 Å². The highest BCUT2D eigenvalue weighted by atomic mass is 15.0. The number of aromatic nitrogens is 2. The minimum absolute atomic E-state index is 0.643. The van der Waals surface area contributed by atoms with Crippen LogP contribution in [0.3, 0.4) is 0 Å². The molecule has 0 aliphatic heterocycles. The maximum absolute atomic E-state index is 2.52. The molecule has 0 fully saturated rings. The first-order chi connectivity index (χ1) is 17.0. The lowest BCUT2D eigenvalue weighted by molar-refractivity contribution is -0.643. The zero-order chi connectivity index (χ0) is 23.8. The minimum Gasteiger partial charge on any atom is -0.307 e. The fraction of sp³-hybridized carbons (Fsp3) is 0.182. The molecule has 0 aliphatic carbocycles. The van der Waals surface area contributed by atoms with Gasteiger partial charge in [0.2, 0.25) is 5.52 Å². The lowest BCUT2D eigenvalue weighted by Gasteiger charge is -2.15. The van der Waals surface area contributed by atoms with Gasteiger partial charge in [-0.05, 0) is 65.1 Å². The van der Waals surface area contributed by atoms with E-state index in [4.69, 9.17) is 0 Å². The predicted molar refractivity (Wildman–Crippen MR) is 148 cm³/mol. The summed E-state index contributed by atoms with van der Waals surface area (Å²) in [5.41, 5.74) is 10.5. The monoisotopic (exact) mass is 453 g/mol. The summed E-state index contributed by atoms with van der Waals surface area (Å²) in [6, 6.07) is 29.6. The first-order valence-corrected chi connectivity index (χ1v) is 12.6. The van der Waals surface area contributed by atoms with Gasteiger partial charge in [-0.1, -0.05) is 68.4 Å². The summed E-state index contributed by atoms with van der Waals surface area (Å²) < 4.78 is 4.82. The number of hydrogen-bond acceptors (Lipinski definition) is 0. The average Bonchev–Trinajstić information content (AvgIpc) is 3.19. The van der Waals surface area contributed by atoms with Gasteiger partial charge in [0, 0.05) is 16.8 Å². The molecular weight excluding hydrogens is 424 g/mol. The largest absolute Gasteiger partial charge is 0.307 e. The third kappa shape index (κ3) is 2.86. The maximum Gasteiger partial charge on any atom is 0.224 e. The molecule has 0 bridgehead atoms. The molecule has 4 aromatic carbocycles. The molecule has 0 amide bonds. The Labute approximate surface area is 205 Å². The van der Waals surface area contributed by atoms with Crippen molar-refractivity contribution in [1.29, 1.82) is 0 Å². The van der Waals surface area contributed by atoms with E-state index in [0.717, 1.165) is 6.42 Å². The Morgan fingerprint density at radius 1 is 0.771 bits per heavy atom. The summed E-state index contributed by atoms with van der Waals surface area (Å²) >= 11 is 0. The van der Waals surface area contributed by atoms with E-state index in [9.17, 15) is 0 Å². The Morgan fingerprint density at radius 3 is 2.49 bits per heavy atom. The molecule has 3 heterocycles. The molecule has 0 radical (unpaired) electrons. The molecule has 7 rings (SSSR count). The van der Waals surface area contributed by atoms with Crippen LogP contribution in [0.5, 0.6) is 0 Å². The second kappa shape index (κ2) is 7.29. The summed E-state index contributed by atoms with van der Waals surface area (Å²) in [4.78, 5) is 0. The zero-order valence-electron chi connectivity index (χ0n) is 20.8. The van der Waals surface area contributed by atoms with Gasteiger partial charge in [-0.2, -0.15) is 0 Å². The van der Waals surface area contributed by atoms with Gasteiger partial charge in [-0.15, -0.1) is 0 Å². The summed E-state index contributed by atoms with van der Waals surface area (Å²) in [5.74, 6) is 0.643. The number of hydrogen-bond donors (Lipinski definition) is 0. The van der Waals surface area contributed by atoms with Crippen LogP contribution < -0.4 is 4.57 Å². The smallest absolute Gasteiger partial charge is 0.224 e. The molecule has 35 heavy (non-hydrogen) atoms. The van der Waals surface area contributed by atoms with E-state index in [1.807, 2.05) is 0 Å². The first kappa shape index (κ1) is 20.5. The van der Waals surface area contributed by atoms with Crippen molar-refractivity contribution in [2.24, 2.45) is 13.0 Å². The molecule has 7 aromatic rings. The van der Waals surface area contributed by atoms with Crippen molar-refractivity contribution in [3.05, 3.63) is 96.2 Å². The fourth-order valence-corrected chi connectivity index (χ4v) is 6.18. The van der Waals surface area contributed by atoms with Gasteiger partial charge in [0.05, 0.1) is 27.3 Å². The third-order valence-electron chi connectivity index (χ3n) is 7.64. The number of benzene rings is 4. The Hall–Kier alpha value is -3.91. The van der Waals surface area contributed by atoms with E-state index in [2.05, 4.69) is 122 Å². The van der Waals surface area contributed by atoms with Crippen LogP contribution in [0.2, 0.25) is 0 Å². The second-order valence-corrected chi connectivity index (χ2v) is 10.5. The van der Waals surface area contributed by atoms with E-state index < -0.39 is 0 Å². The van der Waals surface area contributed by atoms with Crippen LogP contribution in [-0.4, -0.2) is 4.40 Å². The van der Waals surface area contributed by atoms with E-state index in [1.54, 1.807) is 0 Å². The van der Waals surface area contributed by atoms with Crippen LogP contribution in [0.15, 0.2) is 85.1 Å². The molecular formula is C33H29N2+. The number of pyridine rings is 2. The number of fused-ring (bicyclic) bond motifs is 5. The van der Waals surface area contributed by atoms with Crippen LogP contribution in [0.4, 0.5) is 0 Å². The Kier molecular flexibility index (Phi) is 4.26. The molecule has 0 atom stereocenters. The van der Waals surface area contributed by atoms with Crippen LogP contribution in [0.25, 0.3) is 60.1 Å². The van der Waals surface area contributed by atoms with Crippen molar-refractivity contribution in [2.45, 2.75) is 27.2 Å². The minimum atomic E-state index is 0.643. The summed E-state index contributed by atoms with van der Waals surface area (Å²) in [7, 11) is 2.18. The van der Waals surface area contributed by atoms with Crippen LogP contribution in [0.1, 0.15) is 25.0 Å². The Balaban J connectivity index is 1.70. The number of nitrogens with zero attached hydrogens (tertiary/aromatic N) is 2. The van der Waals surface area contributed by atoms with Crippen molar-refractivity contribution in [2.75, 3.05) is 0 Å². The molecule has 0 saturated heterocycles. The van der Waals surface area contributed by atoms with Crippen LogP contribution in [-0.2, 0) is 13.5 Å². The fourth-order valence-electron chi connectivity index (χ4n) is 6.18. The van der Waals surface area contributed by atoms with Gasteiger partial charge >= 0.3 is 0 Å². The lowest BCUT2D eigenvalue weighted by atomic mass is 9.94. The van der Waals surface area contributed by atoms with Crippen molar-refractivity contribution >= 4 is 49.0 Å². The Bertz CT molecular complexity index is 1920. The third-order valence-corrected chi connectivity index (χ3v) is 7.64. The molecule has 0 spiro atoms. The van der Waals surface area contributed by atoms with Crippen molar-refractivity contribution in [1.82, 2.24) is 4.40 Å². The zero-order valence-corrected chi connectivity index (χ0v) is 20.8. The molecule has 2 nitrogen and oxygen atoms in total. The molecule has 2 heteroatoms. The van der Waals surface area contributed by atoms with E-state index in [-0.39, 0.29) is 0 Å². The summed E-state index contributed by atoms with van der Waals surface area (Å²) in [6.45, 7) is 6.82. The maximum atomic E-state index is 2.52. The van der Waals surface area contributed by atoms with Gasteiger partial charge < -0.3 is 4.40 Å². The van der Waals surface area contributed by atoms with E-state index in [0.29, 0.717) is 5.92 Å². The highest BCUT2D eigenvalue weighted by molar-refractivity contribution is 6.26. The van der Waals surface area contributed by atoms with Crippen LogP contribution in [0, 0.1) is 12.8 Å². The van der Waals surface area contributed by atoms with Crippen molar-refractivity contribution in [3.63, 3.8) is 0 Å². The topological polar surface area (TPSA) is 8.29 Å². The lowest BCUT2D eigenvalue weighted by Crippen LogP contribution is -2.28. The second-order valence-electron chi connectivity index (χ2n) is 10.5. The summed E-state index contributed by atoms with van der Waals surface area (Å²) in [6.07, 6.45) is 3.32. The Morgan fingerprint density at radius 2 is 1.63 bits per heavy atom. The number of para-hydroxylation sites is 1. The molecule has 0 unspecified atom stereocenters. The van der Waals surface area contributed by atoms with E-state index >= 15 is 0 Å². The van der Waals surface area contributed by atoms with Crippen LogP contribution >= 0.6 is 0 Å². The molecule has 0 aliphatic rings. The highest BCUT2D eigenvalue weighted by Gasteiger charge is 2.24. The SMILES string of the molecule is Cc1ccc2c3ccccc3n3c4cc(-c5cccc(CC(C)C)c5)cc5cc[n+](C)c(c1c23)c54.